The summed E-state index contributed by atoms with van der Waals surface area (Å²) in [4.78, 5) is 4.25. The highest BCUT2D eigenvalue weighted by atomic mass is 15.0. The lowest BCUT2D eigenvalue weighted by molar-refractivity contribution is 0.505. The van der Waals surface area contributed by atoms with Crippen LogP contribution in [0.4, 0.5) is 0 Å². The third kappa shape index (κ3) is 4.35. The molecule has 0 saturated heterocycles. The van der Waals surface area contributed by atoms with Gasteiger partial charge in [-0.2, -0.15) is 0 Å². The molecule has 1 aromatic rings. The van der Waals surface area contributed by atoms with E-state index in [1.54, 1.807) is 0 Å². The Balaban J connectivity index is 2.20. The summed E-state index contributed by atoms with van der Waals surface area (Å²) < 4.78 is 0. The summed E-state index contributed by atoms with van der Waals surface area (Å²) in [7, 11) is 0. The Morgan fingerprint density at radius 2 is 2.29 bits per heavy atom. The van der Waals surface area contributed by atoms with Gasteiger partial charge in [0.05, 0.1) is 5.69 Å². The predicted molar refractivity (Wildman–Crippen MR) is 59.1 cm³/mol. The van der Waals surface area contributed by atoms with Gasteiger partial charge in [-0.05, 0) is 25.6 Å². The summed E-state index contributed by atoms with van der Waals surface area (Å²) in [5, 5.41) is 6.71. The molecule has 0 bridgehead atoms. The second-order valence-electron chi connectivity index (χ2n) is 3.41. The standard InChI is InChI=1S/C11H19N3/c1-3-12-8-10(2)14-9-11-6-4-5-7-13-11/h4-7,10,12,14H,3,8-9H2,1-2H3. The van der Waals surface area contributed by atoms with Gasteiger partial charge in [0.1, 0.15) is 0 Å². The molecule has 1 atom stereocenters. The van der Waals surface area contributed by atoms with Gasteiger partial charge in [0.25, 0.3) is 0 Å². The minimum Gasteiger partial charge on any atom is -0.315 e. The molecule has 1 heterocycles. The van der Waals surface area contributed by atoms with Crippen LogP contribution in [0.15, 0.2) is 24.4 Å². The van der Waals surface area contributed by atoms with Crippen molar-refractivity contribution in [1.29, 1.82) is 0 Å². The number of rotatable bonds is 6. The van der Waals surface area contributed by atoms with E-state index in [2.05, 4.69) is 29.5 Å². The first-order valence-electron chi connectivity index (χ1n) is 5.17. The molecule has 0 aliphatic heterocycles. The molecule has 2 N–H and O–H groups in total. The van der Waals surface area contributed by atoms with E-state index in [4.69, 9.17) is 0 Å². The number of pyridine rings is 1. The van der Waals surface area contributed by atoms with Gasteiger partial charge in [-0.25, -0.2) is 0 Å². The Bertz CT molecular complexity index is 236. The lowest BCUT2D eigenvalue weighted by atomic mass is 10.3. The van der Waals surface area contributed by atoms with Crippen LogP contribution in [-0.4, -0.2) is 24.1 Å². The second kappa shape index (κ2) is 6.51. The summed E-state index contributed by atoms with van der Waals surface area (Å²) in [5.74, 6) is 0. The second-order valence-corrected chi connectivity index (χ2v) is 3.41. The molecule has 0 radical (unpaired) electrons. The van der Waals surface area contributed by atoms with Gasteiger partial charge in [-0.1, -0.05) is 13.0 Å². The fourth-order valence-electron chi connectivity index (χ4n) is 1.21. The molecule has 78 valence electrons. The van der Waals surface area contributed by atoms with E-state index in [9.17, 15) is 0 Å². The number of nitrogens with zero attached hydrogens (tertiary/aromatic N) is 1. The van der Waals surface area contributed by atoms with Gasteiger partial charge in [-0.3, -0.25) is 4.98 Å². The minimum atomic E-state index is 0.483. The topological polar surface area (TPSA) is 37.0 Å². The molecular weight excluding hydrogens is 174 g/mol. The highest BCUT2D eigenvalue weighted by Crippen LogP contribution is 1.92. The molecule has 0 aliphatic rings. The molecule has 0 aromatic carbocycles. The maximum Gasteiger partial charge on any atom is 0.0541 e. The van der Waals surface area contributed by atoms with Crippen LogP contribution in [0.25, 0.3) is 0 Å². The first-order valence-corrected chi connectivity index (χ1v) is 5.17. The molecule has 0 spiro atoms. The van der Waals surface area contributed by atoms with E-state index in [-0.39, 0.29) is 0 Å². The van der Waals surface area contributed by atoms with Crippen LogP contribution in [0, 0.1) is 0 Å². The van der Waals surface area contributed by atoms with Crippen LogP contribution >= 0.6 is 0 Å². The molecule has 1 unspecified atom stereocenters. The van der Waals surface area contributed by atoms with Gasteiger partial charge >= 0.3 is 0 Å². The smallest absolute Gasteiger partial charge is 0.0541 e. The summed E-state index contributed by atoms with van der Waals surface area (Å²) >= 11 is 0. The molecular formula is C11H19N3. The van der Waals surface area contributed by atoms with Crippen LogP contribution in [0.1, 0.15) is 19.5 Å². The Labute approximate surface area is 85.9 Å². The fraction of sp³-hybridized carbons (Fsp3) is 0.545. The highest BCUT2D eigenvalue weighted by molar-refractivity contribution is 5.03. The molecule has 0 fully saturated rings. The minimum absolute atomic E-state index is 0.483. The number of nitrogens with one attached hydrogen (secondary N) is 2. The molecule has 1 aromatic heterocycles. The Morgan fingerprint density at radius 3 is 2.93 bits per heavy atom. The Hall–Kier alpha value is -0.930. The zero-order chi connectivity index (χ0) is 10.2. The molecule has 0 aliphatic carbocycles. The van der Waals surface area contributed by atoms with Crippen LogP contribution in [-0.2, 0) is 6.54 Å². The van der Waals surface area contributed by atoms with Crippen LogP contribution in [0.5, 0.6) is 0 Å². The third-order valence-corrected chi connectivity index (χ3v) is 2.06. The van der Waals surface area contributed by atoms with Crippen molar-refractivity contribution in [2.45, 2.75) is 26.4 Å². The maximum absolute atomic E-state index is 4.25. The van der Waals surface area contributed by atoms with Crippen molar-refractivity contribution in [2.75, 3.05) is 13.1 Å². The molecule has 3 nitrogen and oxygen atoms in total. The molecule has 0 saturated carbocycles. The normalized spacial score (nSPS) is 12.7. The van der Waals surface area contributed by atoms with Crippen molar-refractivity contribution in [3.05, 3.63) is 30.1 Å². The SMILES string of the molecule is CCNCC(C)NCc1ccccn1. The first-order chi connectivity index (χ1) is 6.83. The van der Waals surface area contributed by atoms with Gasteiger partial charge in [0, 0.05) is 25.3 Å². The van der Waals surface area contributed by atoms with Crippen molar-refractivity contribution in [3.8, 4) is 0 Å². The van der Waals surface area contributed by atoms with E-state index in [1.165, 1.54) is 0 Å². The summed E-state index contributed by atoms with van der Waals surface area (Å²) in [6.07, 6.45) is 1.83. The van der Waals surface area contributed by atoms with Crippen molar-refractivity contribution >= 4 is 0 Å². The molecule has 0 amide bonds. The number of likely N-dealkylation sites (N-methyl/N-ethyl adjacent to an activating group) is 1. The van der Waals surface area contributed by atoms with Gasteiger partial charge < -0.3 is 10.6 Å². The molecule has 14 heavy (non-hydrogen) atoms. The monoisotopic (exact) mass is 193 g/mol. The highest BCUT2D eigenvalue weighted by Gasteiger charge is 1.99. The zero-order valence-electron chi connectivity index (χ0n) is 8.96. The summed E-state index contributed by atoms with van der Waals surface area (Å²) in [5.41, 5.74) is 1.09. The van der Waals surface area contributed by atoms with Crippen molar-refractivity contribution in [1.82, 2.24) is 15.6 Å². The zero-order valence-corrected chi connectivity index (χ0v) is 8.96. The van der Waals surface area contributed by atoms with Crippen molar-refractivity contribution in [3.63, 3.8) is 0 Å². The van der Waals surface area contributed by atoms with Gasteiger partial charge in [0.2, 0.25) is 0 Å². The Kier molecular flexibility index (Phi) is 5.19. The first kappa shape index (κ1) is 11.1. The molecule has 1 rings (SSSR count). The van der Waals surface area contributed by atoms with Crippen LogP contribution in [0.3, 0.4) is 0 Å². The van der Waals surface area contributed by atoms with E-state index in [1.807, 2.05) is 24.4 Å². The predicted octanol–water partition coefficient (Wildman–Crippen LogP) is 1.17. The van der Waals surface area contributed by atoms with Gasteiger partial charge in [0.15, 0.2) is 0 Å². The lowest BCUT2D eigenvalue weighted by Crippen LogP contribution is -2.35. The van der Waals surface area contributed by atoms with E-state index >= 15 is 0 Å². The quantitative estimate of drug-likeness (QED) is 0.712. The third-order valence-electron chi connectivity index (χ3n) is 2.06. The average Bonchev–Trinajstić information content (AvgIpc) is 2.25. The number of aromatic nitrogens is 1. The maximum atomic E-state index is 4.25. The Morgan fingerprint density at radius 1 is 1.43 bits per heavy atom. The van der Waals surface area contributed by atoms with Gasteiger partial charge in [-0.15, -0.1) is 0 Å². The van der Waals surface area contributed by atoms with E-state index < -0.39 is 0 Å². The summed E-state index contributed by atoms with van der Waals surface area (Å²) in [6.45, 7) is 7.16. The molecule has 3 heteroatoms. The average molecular weight is 193 g/mol. The summed E-state index contributed by atoms with van der Waals surface area (Å²) in [6, 6.07) is 6.47. The lowest BCUT2D eigenvalue weighted by Gasteiger charge is -2.13. The van der Waals surface area contributed by atoms with Crippen molar-refractivity contribution in [2.24, 2.45) is 0 Å². The number of hydrogen-bond acceptors (Lipinski definition) is 3. The fourth-order valence-corrected chi connectivity index (χ4v) is 1.21. The van der Waals surface area contributed by atoms with Crippen molar-refractivity contribution < 1.29 is 0 Å². The number of hydrogen-bond donors (Lipinski definition) is 2. The largest absolute Gasteiger partial charge is 0.315 e. The van der Waals surface area contributed by atoms with E-state index in [0.717, 1.165) is 25.3 Å². The van der Waals surface area contributed by atoms with Crippen LogP contribution in [0.2, 0.25) is 0 Å². The van der Waals surface area contributed by atoms with Crippen LogP contribution < -0.4 is 10.6 Å². The van der Waals surface area contributed by atoms with E-state index in [0.29, 0.717) is 6.04 Å².